The number of hydrogen-bond donors (Lipinski definition) is 1. The fraction of sp³-hybridized carbons (Fsp3) is 0.538. The van der Waals surface area contributed by atoms with Gasteiger partial charge in [-0.2, -0.15) is 0 Å². The number of piperidine rings is 1. The number of carboxylic acids is 1. The Balaban J connectivity index is 2.01. The number of carbonyl (C=O) groups excluding carboxylic acids is 1. The Labute approximate surface area is 110 Å². The smallest absolute Gasteiger partial charge is 0.308 e. The van der Waals surface area contributed by atoms with Crippen molar-refractivity contribution in [2.45, 2.75) is 32.2 Å². The zero-order valence-corrected chi connectivity index (χ0v) is 11.2. The van der Waals surface area contributed by atoms with Gasteiger partial charge < -0.3 is 10.0 Å². The molecule has 1 N–H and O–H groups in total. The summed E-state index contributed by atoms with van der Waals surface area (Å²) in [6.45, 7) is 2.34. The number of nitrogens with zero attached hydrogens (tertiary/aromatic N) is 1. The van der Waals surface area contributed by atoms with Crippen molar-refractivity contribution < 1.29 is 14.7 Å². The van der Waals surface area contributed by atoms with E-state index < -0.39 is 11.9 Å². The lowest BCUT2D eigenvalue weighted by Crippen LogP contribution is -2.47. The fourth-order valence-corrected chi connectivity index (χ4v) is 3.02. The molecule has 1 saturated heterocycles. The van der Waals surface area contributed by atoms with Crippen LogP contribution in [0.5, 0.6) is 0 Å². The first kappa shape index (κ1) is 13.1. The number of thiophene rings is 1. The van der Waals surface area contributed by atoms with Crippen molar-refractivity contribution in [1.29, 1.82) is 0 Å². The molecule has 1 amide bonds. The topological polar surface area (TPSA) is 57.6 Å². The molecule has 2 rings (SSSR count). The summed E-state index contributed by atoms with van der Waals surface area (Å²) in [6.07, 6.45) is 1.82. The predicted molar refractivity (Wildman–Crippen MR) is 69.6 cm³/mol. The molecular formula is C13H17NO3S. The number of carbonyl (C=O) groups is 2. The van der Waals surface area contributed by atoms with Crippen molar-refractivity contribution in [1.82, 2.24) is 4.90 Å². The highest BCUT2D eigenvalue weighted by Gasteiger charge is 2.32. The first-order chi connectivity index (χ1) is 8.58. The average molecular weight is 267 g/mol. The van der Waals surface area contributed by atoms with Crippen LogP contribution in [0.25, 0.3) is 0 Å². The summed E-state index contributed by atoms with van der Waals surface area (Å²) in [5.41, 5.74) is 0. The van der Waals surface area contributed by atoms with Gasteiger partial charge in [0.1, 0.15) is 0 Å². The van der Waals surface area contributed by atoms with E-state index in [1.165, 1.54) is 0 Å². The molecule has 0 radical (unpaired) electrons. The van der Waals surface area contributed by atoms with Crippen LogP contribution in [0.1, 0.15) is 24.6 Å². The molecule has 5 heteroatoms. The second-order valence-electron chi connectivity index (χ2n) is 4.76. The Bertz CT molecular complexity index is 429. The molecule has 2 heterocycles. The maximum atomic E-state index is 12.2. The molecule has 1 fully saturated rings. The molecule has 0 bridgehead atoms. The normalized spacial score (nSPS) is 23.9. The van der Waals surface area contributed by atoms with Crippen LogP contribution in [0.4, 0.5) is 0 Å². The highest BCUT2D eigenvalue weighted by molar-refractivity contribution is 7.10. The summed E-state index contributed by atoms with van der Waals surface area (Å²) < 4.78 is 0. The van der Waals surface area contributed by atoms with Gasteiger partial charge in [-0.15, -0.1) is 11.3 Å². The minimum absolute atomic E-state index is 0.0379. The summed E-state index contributed by atoms with van der Waals surface area (Å²) >= 11 is 1.56. The molecular weight excluding hydrogens is 250 g/mol. The Hall–Kier alpha value is -1.36. The Kier molecular flexibility index (Phi) is 4.01. The average Bonchev–Trinajstić information content (AvgIpc) is 2.81. The van der Waals surface area contributed by atoms with Crippen molar-refractivity contribution in [3.8, 4) is 0 Å². The van der Waals surface area contributed by atoms with Gasteiger partial charge in [0.2, 0.25) is 5.91 Å². The summed E-state index contributed by atoms with van der Waals surface area (Å²) in [5, 5.41) is 11.0. The van der Waals surface area contributed by atoms with Crippen LogP contribution < -0.4 is 0 Å². The molecule has 1 aliphatic rings. The second-order valence-corrected chi connectivity index (χ2v) is 5.80. The van der Waals surface area contributed by atoms with Crippen molar-refractivity contribution in [3.05, 3.63) is 22.4 Å². The quantitative estimate of drug-likeness (QED) is 0.911. The van der Waals surface area contributed by atoms with Crippen LogP contribution in [0.3, 0.4) is 0 Å². The molecule has 98 valence electrons. The van der Waals surface area contributed by atoms with Gasteiger partial charge >= 0.3 is 5.97 Å². The molecule has 1 aromatic rings. The van der Waals surface area contributed by atoms with Gasteiger partial charge in [0, 0.05) is 17.5 Å². The monoisotopic (exact) mass is 267 g/mol. The molecule has 1 aliphatic heterocycles. The Morgan fingerprint density at radius 1 is 1.50 bits per heavy atom. The summed E-state index contributed by atoms with van der Waals surface area (Å²) in [6, 6.07) is 4.01. The molecule has 0 spiro atoms. The van der Waals surface area contributed by atoms with E-state index in [2.05, 4.69) is 0 Å². The minimum Gasteiger partial charge on any atom is -0.481 e. The zero-order valence-electron chi connectivity index (χ0n) is 10.3. The molecule has 1 aromatic heterocycles. The van der Waals surface area contributed by atoms with E-state index in [9.17, 15) is 9.59 Å². The Morgan fingerprint density at radius 3 is 2.89 bits per heavy atom. The molecule has 2 unspecified atom stereocenters. The van der Waals surface area contributed by atoms with Crippen LogP contribution in [-0.2, 0) is 16.0 Å². The number of aliphatic carboxylic acids is 1. The largest absolute Gasteiger partial charge is 0.481 e. The van der Waals surface area contributed by atoms with Gasteiger partial charge in [-0.05, 0) is 31.2 Å². The molecule has 0 saturated carbocycles. The molecule has 0 aliphatic carbocycles. The third-order valence-electron chi connectivity index (χ3n) is 3.46. The maximum absolute atomic E-state index is 12.2. The lowest BCUT2D eigenvalue weighted by Gasteiger charge is -2.36. The lowest BCUT2D eigenvalue weighted by atomic mass is 9.93. The SMILES string of the molecule is CC1CCC(C(=O)O)CN1C(=O)Cc1cccs1. The standard InChI is InChI=1S/C13H17NO3S/c1-9-4-5-10(13(16)17)8-14(9)12(15)7-11-3-2-6-18-11/h2-3,6,9-10H,4-5,7-8H2,1H3,(H,16,17). The van der Waals surface area contributed by atoms with Crippen LogP contribution in [-0.4, -0.2) is 34.5 Å². The van der Waals surface area contributed by atoms with E-state index in [0.29, 0.717) is 19.4 Å². The van der Waals surface area contributed by atoms with Crippen LogP contribution in [0.2, 0.25) is 0 Å². The van der Waals surface area contributed by atoms with E-state index in [0.717, 1.165) is 11.3 Å². The first-order valence-corrected chi connectivity index (χ1v) is 7.00. The van der Waals surface area contributed by atoms with E-state index >= 15 is 0 Å². The molecule has 2 atom stereocenters. The van der Waals surface area contributed by atoms with E-state index in [-0.39, 0.29) is 11.9 Å². The van der Waals surface area contributed by atoms with Gasteiger partial charge in [0.15, 0.2) is 0 Å². The third kappa shape index (κ3) is 2.90. The first-order valence-electron chi connectivity index (χ1n) is 6.12. The van der Waals surface area contributed by atoms with Crippen molar-refractivity contribution in [3.63, 3.8) is 0 Å². The summed E-state index contributed by atoms with van der Waals surface area (Å²) in [5.74, 6) is -1.17. The number of carboxylic acid groups (broad SMARTS) is 1. The van der Waals surface area contributed by atoms with E-state index in [4.69, 9.17) is 5.11 Å². The minimum atomic E-state index is -0.796. The fourth-order valence-electron chi connectivity index (χ4n) is 2.32. The van der Waals surface area contributed by atoms with E-state index in [1.54, 1.807) is 16.2 Å². The highest BCUT2D eigenvalue weighted by atomic mass is 32.1. The number of rotatable bonds is 3. The van der Waals surface area contributed by atoms with Gasteiger partial charge in [0.25, 0.3) is 0 Å². The molecule has 4 nitrogen and oxygen atoms in total. The third-order valence-corrected chi connectivity index (χ3v) is 4.33. The van der Waals surface area contributed by atoms with Gasteiger partial charge in [-0.1, -0.05) is 6.07 Å². The van der Waals surface area contributed by atoms with E-state index in [1.807, 2.05) is 24.4 Å². The maximum Gasteiger partial charge on any atom is 0.308 e. The second kappa shape index (κ2) is 5.52. The predicted octanol–water partition coefficient (Wildman–Crippen LogP) is 2.00. The van der Waals surface area contributed by atoms with Gasteiger partial charge in [-0.3, -0.25) is 9.59 Å². The van der Waals surface area contributed by atoms with Gasteiger partial charge in [0.05, 0.1) is 12.3 Å². The van der Waals surface area contributed by atoms with Crippen LogP contribution in [0.15, 0.2) is 17.5 Å². The number of amides is 1. The molecule has 18 heavy (non-hydrogen) atoms. The number of hydrogen-bond acceptors (Lipinski definition) is 3. The molecule has 0 aromatic carbocycles. The van der Waals surface area contributed by atoms with Crippen molar-refractivity contribution in [2.75, 3.05) is 6.54 Å². The lowest BCUT2D eigenvalue weighted by molar-refractivity contribution is -0.146. The van der Waals surface area contributed by atoms with Crippen molar-refractivity contribution >= 4 is 23.2 Å². The summed E-state index contributed by atoms with van der Waals surface area (Å²) in [7, 11) is 0. The summed E-state index contributed by atoms with van der Waals surface area (Å²) in [4.78, 5) is 26.0. The van der Waals surface area contributed by atoms with Gasteiger partial charge in [-0.25, -0.2) is 0 Å². The van der Waals surface area contributed by atoms with Crippen LogP contribution >= 0.6 is 11.3 Å². The Morgan fingerprint density at radius 2 is 2.28 bits per heavy atom. The van der Waals surface area contributed by atoms with Crippen LogP contribution in [0, 0.1) is 5.92 Å². The highest BCUT2D eigenvalue weighted by Crippen LogP contribution is 2.23. The zero-order chi connectivity index (χ0) is 13.1. The number of likely N-dealkylation sites (tertiary alicyclic amines) is 1. The van der Waals surface area contributed by atoms with Crippen molar-refractivity contribution in [2.24, 2.45) is 5.92 Å².